The number of anilines is 2. The van der Waals surface area contributed by atoms with Crippen molar-refractivity contribution in [2.45, 2.75) is 30.6 Å². The van der Waals surface area contributed by atoms with Crippen molar-refractivity contribution >= 4 is 55.9 Å². The molecule has 2 aliphatic rings. The maximum atomic E-state index is 11.6. The lowest BCUT2D eigenvalue weighted by Crippen LogP contribution is -2.21. The number of nitrogens with one attached hydrogen (secondary N) is 1. The van der Waals surface area contributed by atoms with E-state index in [4.69, 9.17) is 0 Å². The van der Waals surface area contributed by atoms with Crippen molar-refractivity contribution in [1.29, 1.82) is 0 Å². The molecule has 1 aromatic carbocycles. The van der Waals surface area contributed by atoms with E-state index < -0.39 is 5.97 Å². The summed E-state index contributed by atoms with van der Waals surface area (Å²) in [5.41, 5.74) is 3.12. The molecule has 0 spiro atoms. The number of carbonyl (C=O) groups is 2. The van der Waals surface area contributed by atoms with Gasteiger partial charge in [-0.05, 0) is 42.5 Å². The van der Waals surface area contributed by atoms with Gasteiger partial charge in [0.05, 0.1) is 11.3 Å². The van der Waals surface area contributed by atoms with Gasteiger partial charge in [-0.25, -0.2) is 9.97 Å². The number of aromatic nitrogens is 2. The maximum Gasteiger partial charge on any atom is 0.306 e. The number of thioether (sulfide) groups is 1. The zero-order chi connectivity index (χ0) is 18.5. The average molecular weight is 397 g/mol. The average Bonchev–Trinajstić information content (AvgIpc) is 3.20. The molecular weight excluding hydrogens is 382 g/mol. The molecule has 0 bridgehead atoms. The summed E-state index contributed by atoms with van der Waals surface area (Å²) in [7, 11) is 0. The van der Waals surface area contributed by atoms with Crippen LogP contribution in [0.2, 0.25) is 0 Å². The fraction of sp³-hybridized carbons (Fsp3) is 0.263. The zero-order valence-electron chi connectivity index (χ0n) is 14.2. The maximum absolute atomic E-state index is 11.6. The Morgan fingerprint density at radius 2 is 2.19 bits per heavy atom. The highest BCUT2D eigenvalue weighted by atomic mass is 32.2. The number of aryl methyl sites for hydroxylation is 1. The van der Waals surface area contributed by atoms with Gasteiger partial charge in [0, 0.05) is 21.9 Å². The van der Waals surface area contributed by atoms with E-state index >= 15 is 0 Å². The Hall–Kier alpha value is -2.45. The number of benzene rings is 1. The number of thiophene rings is 1. The number of aliphatic carboxylic acids is 1. The Morgan fingerprint density at radius 1 is 1.30 bits per heavy atom. The van der Waals surface area contributed by atoms with Crippen LogP contribution in [0.5, 0.6) is 0 Å². The van der Waals surface area contributed by atoms with Crippen molar-refractivity contribution < 1.29 is 14.7 Å². The molecule has 0 saturated heterocycles. The topological polar surface area (TPSA) is 92.2 Å². The van der Waals surface area contributed by atoms with Crippen molar-refractivity contribution in [1.82, 2.24) is 9.97 Å². The zero-order valence-corrected chi connectivity index (χ0v) is 15.8. The van der Waals surface area contributed by atoms with Gasteiger partial charge in [0.2, 0.25) is 0 Å². The third-order valence-electron chi connectivity index (χ3n) is 5.08. The lowest BCUT2D eigenvalue weighted by molar-refractivity contribution is -0.142. The van der Waals surface area contributed by atoms with E-state index in [0.717, 1.165) is 43.5 Å². The highest BCUT2D eigenvalue weighted by Crippen LogP contribution is 2.41. The SMILES string of the molecule is O=C1Cc2ccc(Nc3ncnc4sc5c(c34)CCC(C(=O)O)C5)cc2S1. The quantitative estimate of drug-likeness (QED) is 0.694. The minimum absolute atomic E-state index is 0.173. The van der Waals surface area contributed by atoms with Gasteiger partial charge in [-0.3, -0.25) is 9.59 Å². The first-order valence-electron chi connectivity index (χ1n) is 8.67. The summed E-state index contributed by atoms with van der Waals surface area (Å²) >= 11 is 2.84. The summed E-state index contributed by atoms with van der Waals surface area (Å²) in [6, 6.07) is 5.93. The summed E-state index contributed by atoms with van der Waals surface area (Å²) in [5.74, 6) is -0.311. The molecule has 1 aliphatic heterocycles. The van der Waals surface area contributed by atoms with E-state index in [0.29, 0.717) is 19.3 Å². The normalized spacial score (nSPS) is 18.4. The molecule has 0 fully saturated rings. The van der Waals surface area contributed by atoms with Gasteiger partial charge in [0.1, 0.15) is 17.0 Å². The van der Waals surface area contributed by atoms with Gasteiger partial charge in [-0.15, -0.1) is 11.3 Å². The first-order chi connectivity index (χ1) is 13.1. The Kier molecular flexibility index (Phi) is 3.91. The van der Waals surface area contributed by atoms with Gasteiger partial charge < -0.3 is 10.4 Å². The van der Waals surface area contributed by atoms with Crippen molar-refractivity contribution in [3.05, 3.63) is 40.5 Å². The second-order valence-corrected chi connectivity index (χ2v) is 8.97. The molecule has 27 heavy (non-hydrogen) atoms. The summed E-state index contributed by atoms with van der Waals surface area (Å²) in [6.45, 7) is 0. The van der Waals surface area contributed by atoms with Crippen LogP contribution in [0.15, 0.2) is 29.4 Å². The van der Waals surface area contributed by atoms with Crippen LogP contribution in [-0.2, 0) is 28.9 Å². The lowest BCUT2D eigenvalue weighted by Gasteiger charge is -2.18. The summed E-state index contributed by atoms with van der Waals surface area (Å²) in [5, 5.41) is 13.9. The van der Waals surface area contributed by atoms with Crippen LogP contribution >= 0.6 is 23.1 Å². The Labute approximate surface area is 163 Å². The molecule has 3 aromatic rings. The van der Waals surface area contributed by atoms with E-state index in [2.05, 4.69) is 15.3 Å². The van der Waals surface area contributed by atoms with Crippen molar-refractivity contribution in [3.63, 3.8) is 0 Å². The van der Waals surface area contributed by atoms with Gasteiger partial charge in [0.15, 0.2) is 5.12 Å². The molecule has 0 saturated carbocycles. The number of hydrogen-bond donors (Lipinski definition) is 2. The predicted octanol–water partition coefficient (Wildman–Crippen LogP) is 3.80. The van der Waals surface area contributed by atoms with Crippen molar-refractivity contribution in [2.24, 2.45) is 5.92 Å². The summed E-state index contributed by atoms with van der Waals surface area (Å²) in [4.78, 5) is 34.8. The number of fused-ring (bicyclic) bond motifs is 4. The molecule has 6 nitrogen and oxygen atoms in total. The number of carboxylic acids is 1. The fourth-order valence-corrected chi connectivity index (χ4v) is 5.94. The molecule has 5 rings (SSSR count). The van der Waals surface area contributed by atoms with Crippen molar-refractivity contribution in [3.8, 4) is 0 Å². The highest BCUT2D eigenvalue weighted by molar-refractivity contribution is 8.14. The molecular formula is C19H15N3O3S2. The van der Waals surface area contributed by atoms with E-state index in [1.807, 2.05) is 18.2 Å². The van der Waals surface area contributed by atoms with Crippen LogP contribution in [0.25, 0.3) is 10.2 Å². The van der Waals surface area contributed by atoms with Gasteiger partial charge in [-0.2, -0.15) is 0 Å². The number of nitrogens with zero attached hydrogens (tertiary/aromatic N) is 2. The number of carbonyl (C=O) groups excluding carboxylic acids is 1. The Balaban J connectivity index is 1.52. The minimum Gasteiger partial charge on any atom is -0.481 e. The van der Waals surface area contributed by atoms with E-state index in [1.165, 1.54) is 23.7 Å². The lowest BCUT2D eigenvalue weighted by atomic mass is 9.88. The molecule has 3 heterocycles. The first-order valence-corrected chi connectivity index (χ1v) is 10.3. The number of carboxylic acid groups (broad SMARTS) is 1. The Morgan fingerprint density at radius 3 is 3.04 bits per heavy atom. The molecule has 1 unspecified atom stereocenters. The van der Waals surface area contributed by atoms with Crippen LogP contribution in [-0.4, -0.2) is 26.2 Å². The minimum atomic E-state index is -0.729. The van der Waals surface area contributed by atoms with Gasteiger partial charge in [0.25, 0.3) is 0 Å². The number of hydrogen-bond acceptors (Lipinski definition) is 7. The molecule has 2 aromatic heterocycles. The molecule has 2 N–H and O–H groups in total. The molecule has 0 amide bonds. The van der Waals surface area contributed by atoms with Crippen molar-refractivity contribution in [2.75, 3.05) is 5.32 Å². The Bertz CT molecular complexity index is 1110. The van der Waals surface area contributed by atoms with Crippen LogP contribution in [0.3, 0.4) is 0 Å². The second-order valence-electron chi connectivity index (χ2n) is 6.78. The smallest absolute Gasteiger partial charge is 0.306 e. The highest BCUT2D eigenvalue weighted by Gasteiger charge is 2.29. The predicted molar refractivity (Wildman–Crippen MR) is 105 cm³/mol. The monoisotopic (exact) mass is 397 g/mol. The molecule has 1 aliphatic carbocycles. The van der Waals surface area contributed by atoms with Crippen LogP contribution in [0.1, 0.15) is 22.4 Å². The second kappa shape index (κ2) is 6.31. The van der Waals surface area contributed by atoms with Gasteiger partial charge in [-0.1, -0.05) is 17.8 Å². The van der Waals surface area contributed by atoms with E-state index in [9.17, 15) is 14.7 Å². The van der Waals surface area contributed by atoms with Crippen LogP contribution in [0.4, 0.5) is 11.5 Å². The molecule has 136 valence electrons. The number of rotatable bonds is 3. The van der Waals surface area contributed by atoms with Gasteiger partial charge >= 0.3 is 5.97 Å². The van der Waals surface area contributed by atoms with E-state index in [1.54, 1.807) is 11.3 Å². The standard InChI is InChI=1S/C19H15N3O3S2/c23-15-6-9-1-3-11(7-13(9)26-15)22-17-16-12-4-2-10(19(24)25)5-14(12)27-18(16)21-8-20-17/h1,3,7-8,10H,2,4-6H2,(H,24,25)(H,20,21,22). The van der Waals surface area contributed by atoms with Crippen LogP contribution < -0.4 is 5.32 Å². The molecule has 0 radical (unpaired) electrons. The summed E-state index contributed by atoms with van der Waals surface area (Å²) in [6.07, 6.45) is 3.94. The third-order valence-corrected chi connectivity index (χ3v) is 7.22. The molecule has 1 atom stereocenters. The van der Waals surface area contributed by atoms with Crippen LogP contribution in [0, 0.1) is 5.92 Å². The fourth-order valence-electron chi connectivity index (χ4n) is 3.74. The third kappa shape index (κ3) is 2.89. The largest absolute Gasteiger partial charge is 0.481 e. The van der Waals surface area contributed by atoms with E-state index in [-0.39, 0.29) is 11.0 Å². The first kappa shape index (κ1) is 16.7. The molecule has 8 heteroatoms. The summed E-state index contributed by atoms with van der Waals surface area (Å²) < 4.78 is 0.